The van der Waals surface area contributed by atoms with Gasteiger partial charge in [0.15, 0.2) is 0 Å². The van der Waals surface area contributed by atoms with Crippen molar-refractivity contribution in [3.8, 4) is 0 Å². The number of nitrogens with zero attached hydrogens (tertiary/aromatic N) is 2. The van der Waals surface area contributed by atoms with Crippen molar-refractivity contribution in [3.63, 3.8) is 0 Å². The third kappa shape index (κ3) is 5.21. The minimum atomic E-state index is -0.587. The molecule has 3 rings (SSSR count). The quantitative estimate of drug-likeness (QED) is 0.825. The Kier molecular flexibility index (Phi) is 7.65. The van der Waals surface area contributed by atoms with E-state index in [2.05, 4.69) is 12.1 Å². The summed E-state index contributed by atoms with van der Waals surface area (Å²) in [7, 11) is 1.55. The Balaban J connectivity index is 0.00000261. The standard InChI is InChI=1S/C20H29N3O3.ClH/c1-26-14-17(21)19(25)22-11-9-20(10-12-22)8-7-18(24)23(15-20)13-16-5-3-2-4-6-16;/h2-6,17H,7-15,21H2,1H3;1H/t17-;/m1./s1. The number of methoxy groups -OCH3 is 1. The van der Waals surface area contributed by atoms with Gasteiger partial charge in [0.05, 0.1) is 6.61 Å². The van der Waals surface area contributed by atoms with Crippen LogP contribution in [0.5, 0.6) is 0 Å². The number of carbonyl (C=O) groups is 2. The summed E-state index contributed by atoms with van der Waals surface area (Å²) in [6.07, 6.45) is 3.38. The van der Waals surface area contributed by atoms with Crippen LogP contribution in [-0.4, -0.2) is 61.0 Å². The lowest BCUT2D eigenvalue weighted by atomic mass is 9.72. The zero-order valence-electron chi connectivity index (χ0n) is 15.9. The van der Waals surface area contributed by atoms with Crippen LogP contribution in [0.25, 0.3) is 0 Å². The molecule has 0 radical (unpaired) electrons. The molecule has 150 valence electrons. The topological polar surface area (TPSA) is 75.9 Å². The number of rotatable bonds is 5. The zero-order chi connectivity index (χ0) is 18.6. The van der Waals surface area contributed by atoms with Crippen molar-refractivity contribution < 1.29 is 14.3 Å². The van der Waals surface area contributed by atoms with E-state index < -0.39 is 6.04 Å². The molecule has 1 spiro atoms. The van der Waals surface area contributed by atoms with Gasteiger partial charge in [-0.2, -0.15) is 0 Å². The van der Waals surface area contributed by atoms with Gasteiger partial charge < -0.3 is 20.3 Å². The summed E-state index contributed by atoms with van der Waals surface area (Å²) in [5.74, 6) is 0.204. The Morgan fingerprint density at radius 3 is 2.52 bits per heavy atom. The molecule has 1 aromatic rings. The highest BCUT2D eigenvalue weighted by molar-refractivity contribution is 5.85. The van der Waals surface area contributed by atoms with Gasteiger partial charge in [0.1, 0.15) is 6.04 Å². The number of hydrogen-bond acceptors (Lipinski definition) is 4. The lowest BCUT2D eigenvalue weighted by molar-refractivity contribution is -0.144. The fraction of sp³-hybridized carbons (Fsp3) is 0.600. The summed E-state index contributed by atoms with van der Waals surface area (Å²) < 4.78 is 4.99. The molecule has 0 aromatic heterocycles. The monoisotopic (exact) mass is 395 g/mol. The van der Waals surface area contributed by atoms with Gasteiger partial charge in [-0.05, 0) is 30.2 Å². The first-order valence-electron chi connectivity index (χ1n) is 9.38. The van der Waals surface area contributed by atoms with E-state index in [1.54, 1.807) is 7.11 Å². The van der Waals surface area contributed by atoms with E-state index in [0.717, 1.165) is 31.4 Å². The van der Waals surface area contributed by atoms with Crippen LogP contribution < -0.4 is 5.73 Å². The Labute approximate surface area is 167 Å². The van der Waals surface area contributed by atoms with Gasteiger partial charge in [0.25, 0.3) is 0 Å². The second-order valence-electron chi connectivity index (χ2n) is 7.62. The second-order valence-corrected chi connectivity index (χ2v) is 7.62. The van der Waals surface area contributed by atoms with Crippen LogP contribution in [0.15, 0.2) is 30.3 Å². The maximum absolute atomic E-state index is 12.4. The first-order chi connectivity index (χ1) is 12.5. The van der Waals surface area contributed by atoms with Crippen LogP contribution in [0.4, 0.5) is 0 Å². The van der Waals surface area contributed by atoms with E-state index in [4.69, 9.17) is 10.5 Å². The van der Waals surface area contributed by atoms with Crippen molar-refractivity contribution in [1.82, 2.24) is 9.80 Å². The number of hydrogen-bond donors (Lipinski definition) is 1. The molecule has 27 heavy (non-hydrogen) atoms. The van der Waals surface area contributed by atoms with E-state index in [-0.39, 0.29) is 36.2 Å². The molecule has 0 bridgehead atoms. The van der Waals surface area contributed by atoms with Gasteiger partial charge in [-0.15, -0.1) is 12.4 Å². The van der Waals surface area contributed by atoms with Crippen molar-refractivity contribution in [2.24, 2.45) is 11.1 Å². The van der Waals surface area contributed by atoms with Crippen molar-refractivity contribution in [2.75, 3.05) is 33.4 Å². The normalized spacial score (nSPS) is 20.3. The molecule has 2 aliphatic heterocycles. The molecule has 0 unspecified atom stereocenters. The lowest BCUT2D eigenvalue weighted by Gasteiger charge is -2.47. The molecule has 0 saturated carbocycles. The van der Waals surface area contributed by atoms with Crippen LogP contribution in [0, 0.1) is 5.41 Å². The Hall–Kier alpha value is -1.63. The first-order valence-corrected chi connectivity index (χ1v) is 9.38. The van der Waals surface area contributed by atoms with Crippen LogP contribution in [-0.2, 0) is 20.9 Å². The number of amides is 2. The third-order valence-electron chi connectivity index (χ3n) is 5.76. The molecule has 2 aliphatic rings. The van der Waals surface area contributed by atoms with Gasteiger partial charge in [0, 0.05) is 39.7 Å². The molecule has 2 amide bonds. The predicted molar refractivity (Wildman–Crippen MR) is 106 cm³/mol. The smallest absolute Gasteiger partial charge is 0.241 e. The zero-order valence-corrected chi connectivity index (χ0v) is 16.7. The molecule has 2 N–H and O–H groups in total. The van der Waals surface area contributed by atoms with Gasteiger partial charge >= 0.3 is 0 Å². The summed E-state index contributed by atoms with van der Waals surface area (Å²) >= 11 is 0. The Morgan fingerprint density at radius 2 is 1.89 bits per heavy atom. The molecule has 2 fully saturated rings. The highest BCUT2D eigenvalue weighted by Gasteiger charge is 2.42. The van der Waals surface area contributed by atoms with Gasteiger partial charge in [-0.3, -0.25) is 9.59 Å². The first kappa shape index (κ1) is 21.7. The molecular formula is C20H30ClN3O3. The number of nitrogens with two attached hydrogens (primary N) is 1. The number of piperidine rings is 2. The third-order valence-corrected chi connectivity index (χ3v) is 5.76. The predicted octanol–water partition coefficient (Wildman–Crippen LogP) is 1.81. The highest BCUT2D eigenvalue weighted by Crippen LogP contribution is 2.40. The molecule has 6 nitrogen and oxygen atoms in total. The van der Waals surface area contributed by atoms with Crippen molar-refractivity contribution in [3.05, 3.63) is 35.9 Å². The minimum Gasteiger partial charge on any atom is -0.383 e. The minimum absolute atomic E-state index is 0. The summed E-state index contributed by atoms with van der Waals surface area (Å²) in [5.41, 5.74) is 7.18. The maximum Gasteiger partial charge on any atom is 0.241 e. The fourth-order valence-electron chi connectivity index (χ4n) is 4.15. The van der Waals surface area contributed by atoms with Crippen LogP contribution in [0.2, 0.25) is 0 Å². The number of likely N-dealkylation sites (tertiary alicyclic amines) is 2. The van der Waals surface area contributed by atoms with Gasteiger partial charge in [-0.25, -0.2) is 0 Å². The number of halogens is 1. The van der Waals surface area contributed by atoms with E-state index >= 15 is 0 Å². The van der Waals surface area contributed by atoms with Crippen molar-refractivity contribution in [2.45, 2.75) is 38.3 Å². The molecule has 1 atom stereocenters. The number of ether oxygens (including phenoxy) is 1. The Bertz CT molecular complexity index is 633. The SMILES string of the molecule is COC[C@@H](N)C(=O)N1CCC2(CCC(=O)N(Cc3ccccc3)C2)CC1.Cl. The lowest BCUT2D eigenvalue weighted by Crippen LogP contribution is -2.54. The molecule has 7 heteroatoms. The maximum atomic E-state index is 12.4. The van der Waals surface area contributed by atoms with E-state index in [1.165, 1.54) is 0 Å². The van der Waals surface area contributed by atoms with Crippen molar-refractivity contribution in [1.29, 1.82) is 0 Å². The highest BCUT2D eigenvalue weighted by atomic mass is 35.5. The molecule has 2 saturated heterocycles. The van der Waals surface area contributed by atoms with Crippen LogP contribution >= 0.6 is 12.4 Å². The summed E-state index contributed by atoms with van der Waals surface area (Å²) in [6, 6.07) is 9.54. The van der Waals surface area contributed by atoms with Crippen LogP contribution in [0.1, 0.15) is 31.2 Å². The molecule has 1 aromatic carbocycles. The average Bonchev–Trinajstić information content (AvgIpc) is 2.66. The van der Waals surface area contributed by atoms with Gasteiger partial charge in [-0.1, -0.05) is 30.3 Å². The fourth-order valence-corrected chi connectivity index (χ4v) is 4.15. The number of benzene rings is 1. The van der Waals surface area contributed by atoms with E-state index in [9.17, 15) is 9.59 Å². The Morgan fingerprint density at radius 1 is 1.22 bits per heavy atom. The van der Waals surface area contributed by atoms with Crippen molar-refractivity contribution >= 4 is 24.2 Å². The van der Waals surface area contributed by atoms with E-state index in [0.29, 0.717) is 26.1 Å². The summed E-state index contributed by atoms with van der Waals surface area (Å²) in [5, 5.41) is 0. The number of carbonyl (C=O) groups excluding carboxylic acids is 2. The molecule has 2 heterocycles. The molecule has 0 aliphatic carbocycles. The van der Waals surface area contributed by atoms with E-state index in [1.807, 2.05) is 28.0 Å². The van der Waals surface area contributed by atoms with Gasteiger partial charge in [0.2, 0.25) is 11.8 Å². The van der Waals surface area contributed by atoms with Crippen LogP contribution in [0.3, 0.4) is 0 Å². The summed E-state index contributed by atoms with van der Waals surface area (Å²) in [4.78, 5) is 28.6. The largest absolute Gasteiger partial charge is 0.383 e. The second kappa shape index (κ2) is 9.53. The summed E-state index contributed by atoms with van der Waals surface area (Å²) in [6.45, 7) is 3.13. The average molecular weight is 396 g/mol. The molecular weight excluding hydrogens is 366 g/mol.